The van der Waals surface area contributed by atoms with Crippen LogP contribution >= 0.6 is 0 Å². The molecule has 3 aromatic rings. The van der Waals surface area contributed by atoms with Crippen molar-refractivity contribution in [2.24, 2.45) is 13.0 Å². The lowest BCUT2D eigenvalue weighted by Crippen LogP contribution is -2.49. The van der Waals surface area contributed by atoms with Crippen LogP contribution in [0.4, 0.5) is 11.6 Å². The fourth-order valence-corrected chi connectivity index (χ4v) is 5.01. The Morgan fingerprint density at radius 2 is 1.51 bits per heavy atom. The number of piperazine rings is 1. The molecule has 0 spiro atoms. The van der Waals surface area contributed by atoms with Crippen LogP contribution in [-0.2, 0) is 7.05 Å². The topological polar surface area (TPSA) is 88.9 Å². The van der Waals surface area contributed by atoms with E-state index in [1.807, 2.05) is 35.2 Å². The average molecular weight is 506 g/mol. The summed E-state index contributed by atoms with van der Waals surface area (Å²) in [5.74, 6) is 3.92. The van der Waals surface area contributed by atoms with Gasteiger partial charge in [-0.3, -0.25) is 9.48 Å². The first-order chi connectivity index (χ1) is 18.0. The van der Waals surface area contributed by atoms with Crippen molar-refractivity contribution >= 4 is 17.5 Å². The molecule has 10 heteroatoms. The fraction of sp³-hybridized carbons (Fsp3) is 0.481. The highest BCUT2D eigenvalue weighted by Gasteiger charge is 2.26. The van der Waals surface area contributed by atoms with Crippen LogP contribution in [0.25, 0.3) is 11.3 Å². The minimum atomic E-state index is -0.0384. The van der Waals surface area contributed by atoms with E-state index in [1.165, 1.54) is 12.8 Å². The molecule has 2 fully saturated rings. The second kappa shape index (κ2) is 10.7. The molecule has 2 aliphatic rings. The molecule has 37 heavy (non-hydrogen) atoms. The molecule has 196 valence electrons. The summed E-state index contributed by atoms with van der Waals surface area (Å²) in [5, 5.41) is 13.6. The molecule has 5 rings (SSSR count). The molecule has 1 amide bonds. The summed E-state index contributed by atoms with van der Waals surface area (Å²) in [6.45, 7) is 7.00. The standard InChI is InChI=1S/C27H35N7O3/c1-19-9-11-32(12-10-19)25-7-8-26(29-28-25)33-13-15-34(16-14-33)27(35)23-18-22(30-31(23)2)21-17-20(36-3)5-6-24(21)37-4/h5-8,17-19H,9-16H2,1-4H3. The van der Waals surface area contributed by atoms with E-state index >= 15 is 0 Å². The first kappa shape index (κ1) is 24.9. The van der Waals surface area contributed by atoms with E-state index in [-0.39, 0.29) is 5.91 Å². The number of methoxy groups -OCH3 is 2. The van der Waals surface area contributed by atoms with Gasteiger partial charge in [-0.1, -0.05) is 6.92 Å². The SMILES string of the molecule is COc1ccc(OC)c(-c2cc(C(=O)N3CCN(c4ccc(N5CCC(C)CC5)nn4)CC3)n(C)n2)c1. The Morgan fingerprint density at radius 1 is 0.865 bits per heavy atom. The fourth-order valence-electron chi connectivity index (χ4n) is 5.01. The highest BCUT2D eigenvalue weighted by atomic mass is 16.5. The van der Waals surface area contributed by atoms with Gasteiger partial charge < -0.3 is 24.2 Å². The van der Waals surface area contributed by atoms with Gasteiger partial charge in [0.2, 0.25) is 0 Å². The van der Waals surface area contributed by atoms with Gasteiger partial charge >= 0.3 is 0 Å². The van der Waals surface area contributed by atoms with E-state index in [4.69, 9.17) is 9.47 Å². The lowest BCUT2D eigenvalue weighted by Gasteiger charge is -2.35. The number of hydrogen-bond donors (Lipinski definition) is 0. The smallest absolute Gasteiger partial charge is 0.272 e. The Morgan fingerprint density at radius 3 is 2.11 bits per heavy atom. The third kappa shape index (κ3) is 5.19. The Bertz CT molecular complexity index is 1230. The second-order valence-electron chi connectivity index (χ2n) is 9.80. The van der Waals surface area contributed by atoms with Crippen LogP contribution in [0.2, 0.25) is 0 Å². The maximum atomic E-state index is 13.4. The van der Waals surface area contributed by atoms with E-state index in [9.17, 15) is 4.79 Å². The van der Waals surface area contributed by atoms with Crippen LogP contribution in [0.5, 0.6) is 11.5 Å². The van der Waals surface area contributed by atoms with Gasteiger partial charge in [-0.05, 0) is 55.2 Å². The number of aromatic nitrogens is 4. The maximum Gasteiger partial charge on any atom is 0.272 e. The van der Waals surface area contributed by atoms with Gasteiger partial charge in [0, 0.05) is 51.9 Å². The predicted octanol–water partition coefficient (Wildman–Crippen LogP) is 3.09. The Hall–Kier alpha value is -3.82. The number of anilines is 2. The molecule has 10 nitrogen and oxygen atoms in total. The van der Waals surface area contributed by atoms with Gasteiger partial charge in [-0.25, -0.2) is 0 Å². The van der Waals surface area contributed by atoms with Crippen molar-refractivity contribution in [3.8, 4) is 22.8 Å². The number of rotatable bonds is 6. The summed E-state index contributed by atoms with van der Waals surface area (Å²) in [6, 6.07) is 11.5. The van der Waals surface area contributed by atoms with Crippen molar-refractivity contribution in [2.45, 2.75) is 19.8 Å². The highest BCUT2D eigenvalue weighted by Crippen LogP contribution is 2.33. The molecule has 2 aromatic heterocycles. The number of benzene rings is 1. The third-order valence-electron chi connectivity index (χ3n) is 7.42. The molecule has 2 aliphatic heterocycles. The lowest BCUT2D eigenvalue weighted by molar-refractivity contribution is 0.0735. The summed E-state index contributed by atoms with van der Waals surface area (Å²) in [4.78, 5) is 19.8. The van der Waals surface area contributed by atoms with E-state index in [0.717, 1.165) is 36.2 Å². The number of hydrogen-bond acceptors (Lipinski definition) is 8. The third-order valence-corrected chi connectivity index (χ3v) is 7.42. The molecule has 0 bridgehead atoms. The van der Waals surface area contributed by atoms with Crippen LogP contribution < -0.4 is 19.3 Å². The molecule has 0 aliphatic carbocycles. The highest BCUT2D eigenvalue weighted by molar-refractivity contribution is 5.94. The molecule has 0 atom stereocenters. The number of ether oxygens (including phenoxy) is 2. The zero-order valence-electron chi connectivity index (χ0n) is 22.1. The molecule has 0 unspecified atom stereocenters. The first-order valence-electron chi connectivity index (χ1n) is 12.9. The summed E-state index contributed by atoms with van der Waals surface area (Å²) >= 11 is 0. The van der Waals surface area contributed by atoms with Crippen molar-refractivity contribution < 1.29 is 14.3 Å². The van der Waals surface area contributed by atoms with Crippen LogP contribution in [0.15, 0.2) is 36.4 Å². The summed E-state index contributed by atoms with van der Waals surface area (Å²) in [5.41, 5.74) is 1.98. The molecule has 0 N–H and O–H groups in total. The van der Waals surface area contributed by atoms with Crippen molar-refractivity contribution in [2.75, 3.05) is 63.3 Å². The van der Waals surface area contributed by atoms with Gasteiger partial charge in [0.1, 0.15) is 17.2 Å². The summed E-state index contributed by atoms with van der Waals surface area (Å²) in [7, 11) is 5.03. The lowest BCUT2D eigenvalue weighted by atomic mass is 9.99. The van der Waals surface area contributed by atoms with Gasteiger partial charge in [0.15, 0.2) is 11.6 Å². The molecule has 4 heterocycles. The van der Waals surface area contributed by atoms with Crippen LogP contribution in [0.3, 0.4) is 0 Å². The summed E-state index contributed by atoms with van der Waals surface area (Å²) in [6.07, 6.45) is 2.40. The van der Waals surface area contributed by atoms with Gasteiger partial charge in [-0.15, -0.1) is 10.2 Å². The van der Waals surface area contributed by atoms with E-state index < -0.39 is 0 Å². The molecular weight excluding hydrogens is 470 g/mol. The Labute approximate surface area is 217 Å². The van der Waals surface area contributed by atoms with E-state index in [1.54, 1.807) is 25.9 Å². The number of nitrogens with zero attached hydrogens (tertiary/aromatic N) is 7. The normalized spacial score (nSPS) is 16.7. The largest absolute Gasteiger partial charge is 0.497 e. The van der Waals surface area contributed by atoms with Gasteiger partial charge in [0.05, 0.1) is 19.9 Å². The molecule has 0 radical (unpaired) electrons. The summed E-state index contributed by atoms with van der Waals surface area (Å²) < 4.78 is 12.5. The van der Waals surface area contributed by atoms with Gasteiger partial charge in [-0.2, -0.15) is 5.10 Å². The zero-order valence-corrected chi connectivity index (χ0v) is 22.1. The Balaban J connectivity index is 1.23. The number of aryl methyl sites for hydroxylation is 1. The average Bonchev–Trinajstić information content (AvgIpc) is 3.34. The number of carbonyl (C=O) groups is 1. The first-order valence-corrected chi connectivity index (χ1v) is 12.9. The van der Waals surface area contributed by atoms with E-state index in [0.29, 0.717) is 49.1 Å². The molecular formula is C27H35N7O3. The number of piperidine rings is 1. The maximum absolute atomic E-state index is 13.4. The van der Waals surface area contributed by atoms with Crippen LogP contribution in [0, 0.1) is 5.92 Å². The van der Waals surface area contributed by atoms with E-state index in [2.05, 4.69) is 38.1 Å². The van der Waals surface area contributed by atoms with Crippen molar-refractivity contribution in [1.29, 1.82) is 0 Å². The monoisotopic (exact) mass is 505 g/mol. The Kier molecular flexibility index (Phi) is 7.16. The molecule has 0 saturated carbocycles. The van der Waals surface area contributed by atoms with Crippen LogP contribution in [-0.4, -0.2) is 84.3 Å². The number of amides is 1. The quantitative estimate of drug-likeness (QED) is 0.505. The molecule has 2 saturated heterocycles. The van der Waals surface area contributed by atoms with Crippen molar-refractivity contribution in [3.05, 3.63) is 42.1 Å². The van der Waals surface area contributed by atoms with Gasteiger partial charge in [0.25, 0.3) is 5.91 Å². The van der Waals surface area contributed by atoms with Crippen molar-refractivity contribution in [3.63, 3.8) is 0 Å². The zero-order chi connectivity index (χ0) is 25.9. The van der Waals surface area contributed by atoms with Crippen molar-refractivity contribution in [1.82, 2.24) is 24.9 Å². The minimum Gasteiger partial charge on any atom is -0.497 e. The number of carbonyl (C=O) groups excluding carboxylic acids is 1. The molecule has 1 aromatic carbocycles. The van der Waals surface area contributed by atoms with Crippen LogP contribution in [0.1, 0.15) is 30.3 Å². The second-order valence-corrected chi connectivity index (χ2v) is 9.80. The predicted molar refractivity (Wildman–Crippen MR) is 143 cm³/mol. The minimum absolute atomic E-state index is 0.0384.